The minimum Gasteiger partial charge on any atom is -0.215 e. The number of halogens is 1. The highest BCUT2D eigenvalue weighted by atomic mass is 19.2. The Kier molecular flexibility index (Phi) is 1.90. The summed E-state index contributed by atoms with van der Waals surface area (Å²) in [6.07, 6.45) is 0. The number of benzene rings is 1. The van der Waals surface area contributed by atoms with Crippen LogP contribution < -0.4 is 5.12 Å². The number of anilines is 1. The molecule has 0 radical (unpaired) electrons. The third-order valence-electron chi connectivity index (χ3n) is 1.39. The Balaban J connectivity index is 2.89. The SMILES string of the molecule is Cc1ccc(N(C)F)cc1. The van der Waals surface area contributed by atoms with Gasteiger partial charge in [0.25, 0.3) is 0 Å². The molecule has 2 heteroatoms. The van der Waals surface area contributed by atoms with Crippen LogP contribution in [0.25, 0.3) is 0 Å². The number of rotatable bonds is 1. The molecule has 0 heterocycles. The molecule has 0 spiro atoms. The normalized spacial score (nSPS) is 9.50. The zero-order chi connectivity index (χ0) is 7.56. The molecule has 0 saturated carbocycles. The van der Waals surface area contributed by atoms with E-state index in [1.54, 1.807) is 12.1 Å². The summed E-state index contributed by atoms with van der Waals surface area (Å²) in [4.78, 5) is 0. The lowest BCUT2D eigenvalue weighted by molar-refractivity contribution is 0.476. The smallest absolute Gasteiger partial charge is 0.0684 e. The Morgan fingerprint density at radius 3 is 2.10 bits per heavy atom. The van der Waals surface area contributed by atoms with Gasteiger partial charge in [0.05, 0.1) is 5.69 Å². The van der Waals surface area contributed by atoms with Crippen molar-refractivity contribution in [2.75, 3.05) is 12.2 Å². The first-order chi connectivity index (χ1) is 4.70. The van der Waals surface area contributed by atoms with E-state index in [-0.39, 0.29) is 0 Å². The molecular weight excluding hydrogens is 129 g/mol. The number of hydrogen-bond donors (Lipinski definition) is 0. The van der Waals surface area contributed by atoms with Gasteiger partial charge in [-0.05, 0) is 19.1 Å². The van der Waals surface area contributed by atoms with Crippen LogP contribution in [0.15, 0.2) is 24.3 Å². The van der Waals surface area contributed by atoms with Crippen LogP contribution in [0.2, 0.25) is 0 Å². The molecule has 0 amide bonds. The fourth-order valence-corrected chi connectivity index (χ4v) is 0.750. The molecule has 1 aromatic carbocycles. The molecule has 0 saturated heterocycles. The summed E-state index contributed by atoms with van der Waals surface area (Å²) in [6.45, 7) is 1.97. The third kappa shape index (κ3) is 1.47. The molecule has 0 aromatic heterocycles. The first-order valence-electron chi connectivity index (χ1n) is 3.16. The molecule has 0 bridgehead atoms. The Morgan fingerprint density at radius 1 is 1.20 bits per heavy atom. The summed E-state index contributed by atoms with van der Waals surface area (Å²) in [5.74, 6) is 0. The quantitative estimate of drug-likeness (QED) is 0.540. The van der Waals surface area contributed by atoms with Crippen molar-refractivity contribution in [1.29, 1.82) is 0 Å². The highest BCUT2D eigenvalue weighted by Crippen LogP contribution is 2.12. The van der Waals surface area contributed by atoms with Crippen LogP contribution in [-0.2, 0) is 0 Å². The maximum absolute atomic E-state index is 12.4. The van der Waals surface area contributed by atoms with Crippen LogP contribution >= 0.6 is 0 Å². The molecule has 0 atom stereocenters. The fourth-order valence-electron chi connectivity index (χ4n) is 0.750. The van der Waals surface area contributed by atoms with Gasteiger partial charge in [-0.2, -0.15) is 0 Å². The first kappa shape index (κ1) is 7.06. The van der Waals surface area contributed by atoms with E-state index in [9.17, 15) is 4.48 Å². The van der Waals surface area contributed by atoms with E-state index in [0.29, 0.717) is 10.8 Å². The lowest BCUT2D eigenvalue weighted by atomic mass is 10.2. The van der Waals surface area contributed by atoms with Gasteiger partial charge in [0.1, 0.15) is 0 Å². The average molecular weight is 139 g/mol. The lowest BCUT2D eigenvalue weighted by Crippen LogP contribution is -2.01. The molecule has 0 unspecified atom stereocenters. The monoisotopic (exact) mass is 139 g/mol. The van der Waals surface area contributed by atoms with Crippen molar-refractivity contribution >= 4 is 5.69 Å². The van der Waals surface area contributed by atoms with Crippen LogP contribution in [0.1, 0.15) is 5.56 Å². The van der Waals surface area contributed by atoms with E-state index in [1.165, 1.54) is 7.05 Å². The standard InChI is InChI=1S/C8H10FN/c1-7-3-5-8(6-4-7)10(2)9/h3-6H,1-2H3. The average Bonchev–Trinajstić information content (AvgIpc) is 1.88. The topological polar surface area (TPSA) is 3.24 Å². The van der Waals surface area contributed by atoms with Crippen molar-refractivity contribution in [3.63, 3.8) is 0 Å². The van der Waals surface area contributed by atoms with Crippen LogP contribution in [0.4, 0.5) is 10.2 Å². The molecule has 10 heavy (non-hydrogen) atoms. The molecule has 1 aromatic rings. The Hall–Kier alpha value is -1.05. The van der Waals surface area contributed by atoms with E-state index in [2.05, 4.69) is 0 Å². The fraction of sp³-hybridized carbons (Fsp3) is 0.250. The van der Waals surface area contributed by atoms with E-state index in [4.69, 9.17) is 0 Å². The van der Waals surface area contributed by atoms with E-state index < -0.39 is 0 Å². The highest BCUT2D eigenvalue weighted by Gasteiger charge is 1.94. The van der Waals surface area contributed by atoms with E-state index in [0.717, 1.165) is 5.56 Å². The third-order valence-corrected chi connectivity index (χ3v) is 1.39. The minimum atomic E-state index is 0.589. The van der Waals surface area contributed by atoms with Crippen LogP contribution in [-0.4, -0.2) is 7.05 Å². The van der Waals surface area contributed by atoms with Gasteiger partial charge >= 0.3 is 0 Å². The molecule has 0 fully saturated rings. The van der Waals surface area contributed by atoms with Crippen molar-refractivity contribution in [2.45, 2.75) is 6.92 Å². The first-order valence-corrected chi connectivity index (χ1v) is 3.16. The zero-order valence-electron chi connectivity index (χ0n) is 6.13. The van der Waals surface area contributed by atoms with Crippen LogP contribution in [0, 0.1) is 6.92 Å². The summed E-state index contributed by atoms with van der Waals surface area (Å²) in [5, 5.41) is 0.597. The van der Waals surface area contributed by atoms with Crippen molar-refractivity contribution < 1.29 is 4.48 Å². The lowest BCUT2D eigenvalue weighted by Gasteiger charge is -2.05. The van der Waals surface area contributed by atoms with Crippen molar-refractivity contribution in [3.05, 3.63) is 29.8 Å². The summed E-state index contributed by atoms with van der Waals surface area (Å²) in [7, 11) is 1.38. The van der Waals surface area contributed by atoms with E-state index in [1.807, 2.05) is 19.1 Å². The molecule has 1 rings (SSSR count). The van der Waals surface area contributed by atoms with Gasteiger partial charge in [-0.15, -0.1) is 4.48 Å². The Morgan fingerprint density at radius 2 is 1.70 bits per heavy atom. The maximum Gasteiger partial charge on any atom is 0.0684 e. The van der Waals surface area contributed by atoms with Gasteiger partial charge < -0.3 is 0 Å². The molecule has 0 aliphatic carbocycles. The van der Waals surface area contributed by atoms with Gasteiger partial charge in [-0.25, -0.2) is 5.12 Å². The predicted octanol–water partition coefficient (Wildman–Crippen LogP) is 2.32. The van der Waals surface area contributed by atoms with Crippen molar-refractivity contribution in [1.82, 2.24) is 0 Å². The molecule has 54 valence electrons. The Bertz CT molecular complexity index is 203. The molecular formula is C8H10FN. The molecule has 0 aliphatic rings. The number of nitrogens with zero attached hydrogens (tertiary/aromatic N) is 1. The number of hydrogen-bond acceptors (Lipinski definition) is 1. The van der Waals surface area contributed by atoms with Crippen molar-refractivity contribution in [3.8, 4) is 0 Å². The second-order valence-corrected chi connectivity index (χ2v) is 2.31. The van der Waals surface area contributed by atoms with Gasteiger partial charge in [0.2, 0.25) is 0 Å². The molecule has 1 nitrogen and oxygen atoms in total. The summed E-state index contributed by atoms with van der Waals surface area (Å²) < 4.78 is 12.4. The van der Waals surface area contributed by atoms with Gasteiger partial charge in [-0.1, -0.05) is 17.7 Å². The van der Waals surface area contributed by atoms with Gasteiger partial charge in [0.15, 0.2) is 0 Å². The minimum absolute atomic E-state index is 0.589. The largest absolute Gasteiger partial charge is 0.215 e. The van der Waals surface area contributed by atoms with Crippen molar-refractivity contribution in [2.24, 2.45) is 0 Å². The summed E-state index contributed by atoms with van der Waals surface area (Å²) in [5.41, 5.74) is 1.73. The van der Waals surface area contributed by atoms with Crippen LogP contribution in [0.5, 0.6) is 0 Å². The molecule has 0 N–H and O–H groups in total. The Labute approximate surface area is 60.0 Å². The second kappa shape index (κ2) is 2.69. The summed E-state index contributed by atoms with van der Waals surface area (Å²) >= 11 is 0. The van der Waals surface area contributed by atoms with Crippen LogP contribution in [0.3, 0.4) is 0 Å². The number of aryl methyl sites for hydroxylation is 1. The second-order valence-electron chi connectivity index (χ2n) is 2.31. The zero-order valence-corrected chi connectivity index (χ0v) is 6.13. The van der Waals surface area contributed by atoms with Gasteiger partial charge in [-0.3, -0.25) is 0 Å². The maximum atomic E-state index is 12.4. The predicted molar refractivity (Wildman–Crippen MR) is 40.7 cm³/mol. The van der Waals surface area contributed by atoms with E-state index >= 15 is 0 Å². The highest BCUT2D eigenvalue weighted by molar-refractivity contribution is 5.43. The molecule has 0 aliphatic heterocycles. The summed E-state index contributed by atoms with van der Waals surface area (Å²) in [6, 6.07) is 7.25. The van der Waals surface area contributed by atoms with Gasteiger partial charge in [0, 0.05) is 7.05 Å².